The maximum atomic E-state index is 14.4. The molecule has 1 spiro atoms. The number of halogens is 1. The van der Waals surface area contributed by atoms with E-state index < -0.39 is 59.3 Å². The Kier molecular flexibility index (Phi) is 10.1. The van der Waals surface area contributed by atoms with Crippen LogP contribution in [-0.2, 0) is 28.7 Å². The number of amides is 3. The fraction of sp³-hybridized carbons (Fsp3) is 0.412. The average molecular weight is 636 g/mol. The molecule has 2 aromatic rings. The average Bonchev–Trinajstić information content (AvgIpc) is 3.69. The van der Waals surface area contributed by atoms with E-state index in [4.69, 9.17) is 21.1 Å². The van der Waals surface area contributed by atoms with Gasteiger partial charge in [-0.25, -0.2) is 0 Å². The number of aliphatic hydroxyl groups is 1. The molecule has 3 amide bonds. The Morgan fingerprint density at radius 2 is 1.89 bits per heavy atom. The molecule has 2 N–H and O–H groups in total. The fourth-order valence-electron chi connectivity index (χ4n) is 6.94. The van der Waals surface area contributed by atoms with E-state index in [0.29, 0.717) is 30.0 Å². The number of β-amino-alcohol motifs (C(OH)–C–C–N with tert-alkyl or cyclic N) is 1. The molecule has 238 valence electrons. The molecule has 0 saturated carbocycles. The first kappa shape index (κ1) is 32.4. The minimum atomic E-state index is -1.25. The van der Waals surface area contributed by atoms with Gasteiger partial charge in [-0.05, 0) is 49.1 Å². The first-order chi connectivity index (χ1) is 21.7. The fourth-order valence-corrected chi connectivity index (χ4v) is 7.07. The molecule has 11 heteroatoms. The number of likely N-dealkylation sites (tertiary alicyclic amines) is 1. The number of hydrogen-bond acceptors (Lipinski definition) is 7. The minimum Gasteiger partial charge on any atom is -0.463 e. The van der Waals surface area contributed by atoms with Crippen molar-refractivity contribution in [1.82, 2.24) is 10.2 Å². The monoisotopic (exact) mass is 635 g/mol. The highest BCUT2D eigenvalue weighted by Crippen LogP contribution is 2.58. The summed E-state index contributed by atoms with van der Waals surface area (Å²) in [4.78, 5) is 57.7. The topological polar surface area (TPSA) is 125 Å². The summed E-state index contributed by atoms with van der Waals surface area (Å²) < 4.78 is 12.0. The number of aliphatic hydroxyl groups excluding tert-OH is 1. The van der Waals surface area contributed by atoms with Crippen LogP contribution in [0.1, 0.15) is 37.3 Å². The number of benzene rings is 2. The van der Waals surface area contributed by atoms with E-state index in [1.165, 1.54) is 9.80 Å². The molecule has 45 heavy (non-hydrogen) atoms. The number of nitrogens with one attached hydrogen (secondary N) is 1. The molecule has 3 heterocycles. The maximum absolute atomic E-state index is 14.4. The zero-order chi connectivity index (χ0) is 32.1. The summed E-state index contributed by atoms with van der Waals surface area (Å²) >= 11 is 6.09. The van der Waals surface area contributed by atoms with E-state index in [1.54, 1.807) is 36.4 Å². The Labute approximate surface area is 267 Å². The highest BCUT2D eigenvalue weighted by molar-refractivity contribution is 6.30. The van der Waals surface area contributed by atoms with Gasteiger partial charge < -0.3 is 29.7 Å². The SMILES string of the molecule is C=CCCC(=O)OC[C@H](NC(=O)[C@@H]1[C@H]2C(=O)N(CCO)[C@H](C(=O)N(CC=C)c3ccc(Cl)cc3)[C@]23CC[C@H]1O3)c1ccccc1. The number of rotatable bonds is 14. The van der Waals surface area contributed by atoms with Crippen molar-refractivity contribution in [1.29, 1.82) is 0 Å². The van der Waals surface area contributed by atoms with Crippen LogP contribution < -0.4 is 10.2 Å². The van der Waals surface area contributed by atoms with Gasteiger partial charge in [0.25, 0.3) is 5.91 Å². The Hall–Kier alpha value is -3.99. The third-order valence-corrected chi connectivity index (χ3v) is 9.13. The maximum Gasteiger partial charge on any atom is 0.306 e. The Morgan fingerprint density at radius 1 is 1.16 bits per heavy atom. The van der Waals surface area contributed by atoms with Gasteiger partial charge in [0.05, 0.1) is 30.6 Å². The van der Waals surface area contributed by atoms with Crippen molar-refractivity contribution < 1.29 is 33.8 Å². The van der Waals surface area contributed by atoms with Crippen LogP contribution in [0.2, 0.25) is 5.02 Å². The van der Waals surface area contributed by atoms with Gasteiger partial charge in [0.15, 0.2) is 0 Å². The number of anilines is 1. The zero-order valence-corrected chi connectivity index (χ0v) is 25.7. The highest BCUT2D eigenvalue weighted by atomic mass is 35.5. The standard InChI is InChI=1S/C34H38ClN3O7/c1-3-5-11-27(40)44-21-25(22-9-7-6-8-10-22)36-31(41)28-26-16-17-34(45-26)29(28)32(42)38(19-20-39)30(34)33(43)37(18-4-2)24-14-12-23(35)13-15-24/h3-4,6-10,12-15,25-26,28-30,39H,1-2,5,11,16-21H2,(H,36,41)/t25-,26+,28-,29-,30+,34-/m0/s1. The van der Waals surface area contributed by atoms with Crippen molar-refractivity contribution in [3.05, 3.63) is 90.5 Å². The van der Waals surface area contributed by atoms with Gasteiger partial charge in [-0.2, -0.15) is 0 Å². The molecule has 0 unspecified atom stereocenters. The van der Waals surface area contributed by atoms with Crippen molar-refractivity contribution in [2.75, 3.05) is 31.2 Å². The largest absolute Gasteiger partial charge is 0.463 e. The van der Waals surface area contributed by atoms with Crippen LogP contribution in [0, 0.1) is 11.8 Å². The summed E-state index contributed by atoms with van der Waals surface area (Å²) in [6, 6.07) is 14.2. The molecule has 3 aliphatic rings. The van der Waals surface area contributed by atoms with Gasteiger partial charge in [-0.15, -0.1) is 13.2 Å². The van der Waals surface area contributed by atoms with Crippen LogP contribution in [0.4, 0.5) is 5.69 Å². The van der Waals surface area contributed by atoms with Crippen LogP contribution in [-0.4, -0.2) is 77.7 Å². The third kappa shape index (κ3) is 6.27. The van der Waals surface area contributed by atoms with E-state index in [9.17, 15) is 24.3 Å². The van der Waals surface area contributed by atoms with Crippen molar-refractivity contribution in [3.63, 3.8) is 0 Å². The summed E-state index contributed by atoms with van der Waals surface area (Å²) in [6.45, 7) is 7.04. The molecule has 3 aliphatic heterocycles. The Balaban J connectivity index is 1.43. The van der Waals surface area contributed by atoms with E-state index in [-0.39, 0.29) is 32.7 Å². The van der Waals surface area contributed by atoms with Gasteiger partial charge in [0.2, 0.25) is 11.8 Å². The molecule has 3 fully saturated rings. The summed E-state index contributed by atoms with van der Waals surface area (Å²) in [5.41, 5.74) is 0.0500. The second kappa shape index (κ2) is 14.0. The number of hydrogen-bond donors (Lipinski definition) is 2. The summed E-state index contributed by atoms with van der Waals surface area (Å²) in [5, 5.41) is 13.4. The molecule has 2 aromatic carbocycles. The molecule has 10 nitrogen and oxygen atoms in total. The lowest BCUT2D eigenvalue weighted by Gasteiger charge is -2.36. The summed E-state index contributed by atoms with van der Waals surface area (Å²) in [5.74, 6) is -3.45. The quantitative estimate of drug-likeness (QED) is 0.240. The van der Waals surface area contributed by atoms with Crippen molar-refractivity contribution in [3.8, 4) is 0 Å². The number of nitrogens with zero attached hydrogens (tertiary/aromatic N) is 2. The third-order valence-electron chi connectivity index (χ3n) is 8.88. The number of carbonyl (C=O) groups excluding carboxylic acids is 4. The van der Waals surface area contributed by atoms with Crippen LogP contribution in [0.3, 0.4) is 0 Å². The van der Waals surface area contributed by atoms with Crippen LogP contribution in [0.5, 0.6) is 0 Å². The number of ether oxygens (including phenoxy) is 2. The van der Waals surface area contributed by atoms with E-state index in [1.807, 2.05) is 30.3 Å². The van der Waals surface area contributed by atoms with Crippen LogP contribution in [0.15, 0.2) is 79.9 Å². The number of fused-ring (bicyclic) bond motifs is 1. The van der Waals surface area contributed by atoms with Crippen LogP contribution >= 0.6 is 11.6 Å². The lowest BCUT2D eigenvalue weighted by molar-refractivity contribution is -0.146. The minimum absolute atomic E-state index is 0.0916. The molecule has 5 rings (SSSR count). The van der Waals surface area contributed by atoms with Gasteiger partial charge in [0.1, 0.15) is 18.2 Å². The molecule has 0 aromatic heterocycles. The van der Waals surface area contributed by atoms with Gasteiger partial charge in [-0.1, -0.05) is 54.1 Å². The number of allylic oxidation sites excluding steroid dienone is 1. The normalized spacial score (nSPS) is 25.4. The molecular formula is C34H38ClN3O7. The smallest absolute Gasteiger partial charge is 0.306 e. The Bertz CT molecular complexity index is 1440. The first-order valence-corrected chi connectivity index (χ1v) is 15.5. The molecule has 6 atom stereocenters. The molecule has 2 bridgehead atoms. The Morgan fingerprint density at radius 3 is 2.56 bits per heavy atom. The van der Waals surface area contributed by atoms with Gasteiger partial charge in [0, 0.05) is 30.2 Å². The lowest BCUT2D eigenvalue weighted by Crippen LogP contribution is -2.57. The van der Waals surface area contributed by atoms with Gasteiger partial charge >= 0.3 is 5.97 Å². The lowest BCUT2D eigenvalue weighted by atomic mass is 9.70. The zero-order valence-electron chi connectivity index (χ0n) is 25.0. The molecular weight excluding hydrogens is 598 g/mol. The van der Waals surface area contributed by atoms with Crippen molar-refractivity contribution in [2.24, 2.45) is 11.8 Å². The van der Waals surface area contributed by atoms with Crippen LogP contribution in [0.25, 0.3) is 0 Å². The molecule has 0 radical (unpaired) electrons. The van der Waals surface area contributed by atoms with E-state index >= 15 is 0 Å². The predicted octanol–water partition coefficient (Wildman–Crippen LogP) is 3.59. The molecule has 0 aliphatic carbocycles. The summed E-state index contributed by atoms with van der Waals surface area (Å²) in [7, 11) is 0. The number of esters is 1. The van der Waals surface area contributed by atoms with Crippen molar-refractivity contribution in [2.45, 2.75) is 49.5 Å². The second-order valence-electron chi connectivity index (χ2n) is 11.5. The van der Waals surface area contributed by atoms with Crippen molar-refractivity contribution >= 4 is 41.0 Å². The van der Waals surface area contributed by atoms with Gasteiger partial charge in [-0.3, -0.25) is 19.2 Å². The van der Waals surface area contributed by atoms with E-state index in [0.717, 1.165) is 5.56 Å². The predicted molar refractivity (Wildman–Crippen MR) is 168 cm³/mol. The number of carbonyl (C=O) groups is 4. The summed E-state index contributed by atoms with van der Waals surface area (Å²) in [6.07, 6.45) is 4.17. The second-order valence-corrected chi connectivity index (χ2v) is 11.9. The highest BCUT2D eigenvalue weighted by Gasteiger charge is 2.74. The molecule has 3 saturated heterocycles. The van der Waals surface area contributed by atoms with E-state index in [2.05, 4.69) is 18.5 Å². The first-order valence-electron chi connectivity index (χ1n) is 15.1.